The molecule has 2 saturated heterocycles. The number of ether oxygens (including phenoxy) is 2. The third-order valence-electron chi connectivity index (χ3n) is 5.24. The van der Waals surface area contributed by atoms with Gasteiger partial charge in [-0.25, -0.2) is 0 Å². The van der Waals surface area contributed by atoms with E-state index in [4.69, 9.17) is 9.47 Å². The predicted octanol–water partition coefficient (Wildman–Crippen LogP) is 2.69. The van der Waals surface area contributed by atoms with Gasteiger partial charge >= 0.3 is 0 Å². The molecule has 0 saturated carbocycles. The number of hydrogen-bond donors (Lipinski definition) is 1. The molecule has 2 aliphatic heterocycles. The first-order chi connectivity index (χ1) is 10.6. The lowest BCUT2D eigenvalue weighted by Crippen LogP contribution is -2.44. The molecular formula is C18H35NO3. The van der Waals surface area contributed by atoms with Crippen molar-refractivity contribution in [3.05, 3.63) is 0 Å². The molecule has 3 unspecified atom stereocenters. The molecule has 4 nitrogen and oxygen atoms in total. The SMILES string of the molecule is CC1CCC(C(C)C)N(CC(O)COC2CCOCC2)CC1. The van der Waals surface area contributed by atoms with Crippen molar-refractivity contribution in [1.29, 1.82) is 0 Å². The molecule has 130 valence electrons. The van der Waals surface area contributed by atoms with Crippen LogP contribution >= 0.6 is 0 Å². The van der Waals surface area contributed by atoms with Crippen LogP contribution in [-0.2, 0) is 9.47 Å². The summed E-state index contributed by atoms with van der Waals surface area (Å²) in [5.41, 5.74) is 0. The van der Waals surface area contributed by atoms with Gasteiger partial charge in [-0.3, -0.25) is 4.90 Å². The van der Waals surface area contributed by atoms with Crippen molar-refractivity contribution >= 4 is 0 Å². The first-order valence-corrected chi connectivity index (χ1v) is 9.17. The van der Waals surface area contributed by atoms with Crippen LogP contribution in [0.2, 0.25) is 0 Å². The molecule has 0 aromatic carbocycles. The van der Waals surface area contributed by atoms with Crippen LogP contribution in [-0.4, -0.2) is 61.2 Å². The van der Waals surface area contributed by atoms with Gasteiger partial charge in [0.05, 0.1) is 18.8 Å². The van der Waals surface area contributed by atoms with Crippen LogP contribution in [0, 0.1) is 11.8 Å². The average molecular weight is 313 g/mol. The molecule has 3 atom stereocenters. The van der Waals surface area contributed by atoms with Crippen molar-refractivity contribution in [2.75, 3.05) is 32.9 Å². The van der Waals surface area contributed by atoms with Gasteiger partial charge in [0.25, 0.3) is 0 Å². The summed E-state index contributed by atoms with van der Waals surface area (Å²) in [6.45, 7) is 10.9. The van der Waals surface area contributed by atoms with Gasteiger partial charge in [-0.1, -0.05) is 20.8 Å². The van der Waals surface area contributed by atoms with E-state index in [1.807, 2.05) is 0 Å². The molecule has 0 radical (unpaired) electrons. The fraction of sp³-hybridized carbons (Fsp3) is 1.00. The lowest BCUT2D eigenvalue weighted by Gasteiger charge is -2.34. The van der Waals surface area contributed by atoms with Gasteiger partial charge in [0.15, 0.2) is 0 Å². The Kier molecular flexibility index (Phi) is 7.61. The molecule has 1 N–H and O–H groups in total. The summed E-state index contributed by atoms with van der Waals surface area (Å²) in [5.74, 6) is 1.45. The van der Waals surface area contributed by atoms with Crippen molar-refractivity contribution < 1.29 is 14.6 Å². The van der Waals surface area contributed by atoms with Gasteiger partial charge in [-0.05, 0) is 50.5 Å². The van der Waals surface area contributed by atoms with Crippen LogP contribution in [0.15, 0.2) is 0 Å². The Balaban J connectivity index is 1.78. The van der Waals surface area contributed by atoms with Gasteiger partial charge in [0.1, 0.15) is 0 Å². The van der Waals surface area contributed by atoms with Crippen LogP contribution in [0.3, 0.4) is 0 Å². The lowest BCUT2D eigenvalue weighted by atomic mass is 9.95. The highest BCUT2D eigenvalue weighted by molar-refractivity contribution is 4.81. The van der Waals surface area contributed by atoms with Crippen LogP contribution in [0.4, 0.5) is 0 Å². The Hall–Kier alpha value is -0.160. The minimum atomic E-state index is -0.377. The van der Waals surface area contributed by atoms with Gasteiger partial charge in [0.2, 0.25) is 0 Å². The summed E-state index contributed by atoms with van der Waals surface area (Å²) in [6, 6.07) is 0.600. The van der Waals surface area contributed by atoms with Crippen molar-refractivity contribution in [1.82, 2.24) is 4.90 Å². The summed E-state index contributed by atoms with van der Waals surface area (Å²) in [4.78, 5) is 2.51. The highest BCUT2D eigenvalue weighted by atomic mass is 16.5. The number of hydrogen-bond acceptors (Lipinski definition) is 4. The molecule has 2 fully saturated rings. The summed E-state index contributed by atoms with van der Waals surface area (Å²) >= 11 is 0. The minimum Gasteiger partial charge on any atom is -0.389 e. The predicted molar refractivity (Wildman–Crippen MR) is 89.0 cm³/mol. The molecule has 0 spiro atoms. The Morgan fingerprint density at radius 1 is 1.14 bits per heavy atom. The van der Waals surface area contributed by atoms with Crippen LogP contribution in [0.25, 0.3) is 0 Å². The van der Waals surface area contributed by atoms with E-state index in [2.05, 4.69) is 25.7 Å². The summed E-state index contributed by atoms with van der Waals surface area (Å²) < 4.78 is 11.2. The lowest BCUT2D eigenvalue weighted by molar-refractivity contribution is -0.0669. The Bertz CT molecular complexity index is 305. The van der Waals surface area contributed by atoms with E-state index in [-0.39, 0.29) is 12.2 Å². The maximum Gasteiger partial charge on any atom is 0.0900 e. The van der Waals surface area contributed by atoms with Crippen molar-refractivity contribution in [3.8, 4) is 0 Å². The van der Waals surface area contributed by atoms with E-state index in [1.165, 1.54) is 19.3 Å². The summed E-state index contributed by atoms with van der Waals surface area (Å²) in [5, 5.41) is 10.4. The highest BCUT2D eigenvalue weighted by Gasteiger charge is 2.27. The first-order valence-electron chi connectivity index (χ1n) is 9.17. The van der Waals surface area contributed by atoms with E-state index in [0.717, 1.165) is 45.1 Å². The van der Waals surface area contributed by atoms with Gasteiger partial charge in [0, 0.05) is 25.8 Å². The van der Waals surface area contributed by atoms with E-state index < -0.39 is 0 Å². The quantitative estimate of drug-likeness (QED) is 0.818. The maximum atomic E-state index is 10.4. The van der Waals surface area contributed by atoms with Crippen molar-refractivity contribution in [2.45, 2.75) is 71.1 Å². The zero-order chi connectivity index (χ0) is 15.9. The number of β-amino-alcohol motifs (C(OH)–C–C–N with tert-alkyl or cyclic N) is 1. The molecule has 0 aliphatic carbocycles. The minimum absolute atomic E-state index is 0.272. The fourth-order valence-electron chi connectivity index (χ4n) is 3.73. The largest absolute Gasteiger partial charge is 0.389 e. The number of aliphatic hydroxyl groups excluding tert-OH is 1. The van der Waals surface area contributed by atoms with Crippen LogP contribution in [0.1, 0.15) is 52.9 Å². The molecular weight excluding hydrogens is 278 g/mol. The van der Waals surface area contributed by atoms with Crippen molar-refractivity contribution in [2.24, 2.45) is 11.8 Å². The molecule has 2 rings (SSSR count). The second kappa shape index (κ2) is 9.21. The normalized spacial score (nSPS) is 30.4. The van der Waals surface area contributed by atoms with Gasteiger partial charge < -0.3 is 14.6 Å². The number of likely N-dealkylation sites (tertiary alicyclic amines) is 1. The van der Waals surface area contributed by atoms with E-state index in [1.54, 1.807) is 0 Å². The average Bonchev–Trinajstić information content (AvgIpc) is 2.68. The zero-order valence-electron chi connectivity index (χ0n) is 14.7. The second-order valence-electron chi connectivity index (χ2n) is 7.58. The number of aliphatic hydroxyl groups is 1. The number of nitrogens with zero attached hydrogens (tertiary/aromatic N) is 1. The maximum absolute atomic E-state index is 10.4. The Morgan fingerprint density at radius 3 is 2.55 bits per heavy atom. The number of rotatable bonds is 6. The van der Waals surface area contributed by atoms with Crippen LogP contribution < -0.4 is 0 Å². The fourth-order valence-corrected chi connectivity index (χ4v) is 3.73. The highest BCUT2D eigenvalue weighted by Crippen LogP contribution is 2.26. The van der Waals surface area contributed by atoms with E-state index >= 15 is 0 Å². The molecule has 0 aromatic heterocycles. The molecule has 4 heteroatoms. The molecule has 22 heavy (non-hydrogen) atoms. The zero-order valence-corrected chi connectivity index (χ0v) is 14.7. The molecule has 0 amide bonds. The Labute approximate surface area is 136 Å². The standard InChI is InChI=1S/C18H35NO3/c1-14(2)18-5-4-15(3)6-9-19(18)12-16(20)13-22-17-7-10-21-11-8-17/h14-18,20H,4-13H2,1-3H3. The topological polar surface area (TPSA) is 41.9 Å². The monoisotopic (exact) mass is 313 g/mol. The van der Waals surface area contributed by atoms with E-state index in [0.29, 0.717) is 18.6 Å². The summed E-state index contributed by atoms with van der Waals surface area (Å²) in [6.07, 6.45) is 5.63. The second-order valence-corrected chi connectivity index (χ2v) is 7.58. The third-order valence-corrected chi connectivity index (χ3v) is 5.24. The Morgan fingerprint density at radius 2 is 1.86 bits per heavy atom. The molecule has 0 bridgehead atoms. The van der Waals surface area contributed by atoms with E-state index in [9.17, 15) is 5.11 Å². The van der Waals surface area contributed by atoms with Gasteiger partial charge in [-0.2, -0.15) is 0 Å². The van der Waals surface area contributed by atoms with Crippen molar-refractivity contribution in [3.63, 3.8) is 0 Å². The molecule has 0 aromatic rings. The first kappa shape index (κ1) is 18.2. The molecule has 2 aliphatic rings. The van der Waals surface area contributed by atoms with Gasteiger partial charge in [-0.15, -0.1) is 0 Å². The van der Waals surface area contributed by atoms with Crippen LogP contribution in [0.5, 0.6) is 0 Å². The third kappa shape index (κ3) is 5.80. The smallest absolute Gasteiger partial charge is 0.0900 e. The molecule has 2 heterocycles. The summed E-state index contributed by atoms with van der Waals surface area (Å²) in [7, 11) is 0.